The van der Waals surface area contributed by atoms with E-state index in [1.54, 1.807) is 0 Å². The molecule has 0 aromatic rings. The van der Waals surface area contributed by atoms with Gasteiger partial charge in [0.1, 0.15) is 0 Å². The standard InChI is InChI=1S/C11H22N2O2.ClH/c1-3-6-11(7-4-2,10(13)15)8-5-9(12)14;/h3-8H2,1-2H3,(H2,12,14)(H2,13,15);1H. The van der Waals surface area contributed by atoms with E-state index in [1.807, 2.05) is 13.8 Å². The molecular formula is C11H23ClN2O2. The van der Waals surface area contributed by atoms with Crippen LogP contribution in [0.1, 0.15) is 52.4 Å². The molecule has 0 aromatic heterocycles. The lowest BCUT2D eigenvalue weighted by atomic mass is 9.75. The number of carbonyl (C=O) groups is 2. The van der Waals surface area contributed by atoms with Gasteiger partial charge >= 0.3 is 0 Å². The topological polar surface area (TPSA) is 86.2 Å². The third-order valence-corrected chi connectivity index (χ3v) is 2.83. The van der Waals surface area contributed by atoms with Crippen molar-refractivity contribution in [2.45, 2.75) is 52.4 Å². The zero-order valence-electron chi connectivity index (χ0n) is 10.1. The molecule has 0 saturated heterocycles. The minimum Gasteiger partial charge on any atom is -0.370 e. The van der Waals surface area contributed by atoms with Gasteiger partial charge in [0.2, 0.25) is 11.8 Å². The van der Waals surface area contributed by atoms with Crippen molar-refractivity contribution in [1.82, 2.24) is 0 Å². The van der Waals surface area contributed by atoms with Crippen LogP contribution in [0.3, 0.4) is 0 Å². The monoisotopic (exact) mass is 250 g/mol. The van der Waals surface area contributed by atoms with Crippen LogP contribution in [0.15, 0.2) is 0 Å². The normalized spacial score (nSPS) is 10.6. The van der Waals surface area contributed by atoms with Crippen molar-refractivity contribution in [1.29, 1.82) is 0 Å². The minimum atomic E-state index is -0.529. The number of hydrogen-bond donors (Lipinski definition) is 2. The van der Waals surface area contributed by atoms with Crippen LogP contribution in [0.4, 0.5) is 0 Å². The first-order valence-electron chi connectivity index (χ1n) is 5.56. The van der Waals surface area contributed by atoms with Crippen molar-refractivity contribution in [3.63, 3.8) is 0 Å². The van der Waals surface area contributed by atoms with Crippen LogP contribution < -0.4 is 11.5 Å². The molecule has 0 atom stereocenters. The number of rotatable bonds is 8. The SMILES string of the molecule is CCCC(CCC)(CCC(N)=O)C(N)=O.Cl. The van der Waals surface area contributed by atoms with Crippen molar-refractivity contribution in [2.24, 2.45) is 16.9 Å². The summed E-state index contributed by atoms with van der Waals surface area (Å²) in [4.78, 5) is 22.2. The van der Waals surface area contributed by atoms with E-state index in [4.69, 9.17) is 11.5 Å². The van der Waals surface area contributed by atoms with Gasteiger partial charge in [-0.2, -0.15) is 0 Å². The fourth-order valence-electron chi connectivity index (χ4n) is 2.06. The van der Waals surface area contributed by atoms with Crippen molar-refractivity contribution >= 4 is 24.2 Å². The van der Waals surface area contributed by atoms with E-state index in [9.17, 15) is 9.59 Å². The molecule has 2 amide bonds. The molecule has 0 saturated carbocycles. The first-order valence-corrected chi connectivity index (χ1v) is 5.56. The Bertz CT molecular complexity index is 226. The first-order chi connectivity index (χ1) is 6.98. The third kappa shape index (κ3) is 5.35. The van der Waals surface area contributed by atoms with E-state index in [2.05, 4.69) is 0 Å². The lowest BCUT2D eigenvalue weighted by molar-refractivity contribution is -0.129. The molecule has 0 radical (unpaired) electrons. The van der Waals surface area contributed by atoms with Crippen LogP contribution >= 0.6 is 12.4 Å². The van der Waals surface area contributed by atoms with Gasteiger partial charge in [-0.3, -0.25) is 9.59 Å². The largest absolute Gasteiger partial charge is 0.370 e. The molecule has 0 aliphatic heterocycles. The van der Waals surface area contributed by atoms with Crippen molar-refractivity contribution < 1.29 is 9.59 Å². The van der Waals surface area contributed by atoms with E-state index in [1.165, 1.54) is 0 Å². The first kappa shape index (κ1) is 17.6. The maximum Gasteiger partial charge on any atom is 0.223 e. The van der Waals surface area contributed by atoms with Gasteiger partial charge in [-0.05, 0) is 19.3 Å². The smallest absolute Gasteiger partial charge is 0.223 e. The van der Waals surface area contributed by atoms with Gasteiger partial charge in [0, 0.05) is 11.8 Å². The number of hydrogen-bond acceptors (Lipinski definition) is 2. The molecule has 0 fully saturated rings. The molecule has 96 valence electrons. The second kappa shape index (κ2) is 8.39. The second-order valence-electron chi connectivity index (χ2n) is 4.11. The Morgan fingerprint density at radius 1 is 1.00 bits per heavy atom. The third-order valence-electron chi connectivity index (χ3n) is 2.83. The molecule has 0 aromatic carbocycles. The number of amides is 2. The molecule has 4 N–H and O–H groups in total. The highest BCUT2D eigenvalue weighted by molar-refractivity contribution is 5.85. The summed E-state index contributed by atoms with van der Waals surface area (Å²) in [6.45, 7) is 4.02. The number of carbonyl (C=O) groups excluding carboxylic acids is 2. The Balaban J connectivity index is 0. The molecule has 0 unspecified atom stereocenters. The van der Waals surface area contributed by atoms with E-state index in [0.29, 0.717) is 6.42 Å². The number of halogens is 1. The van der Waals surface area contributed by atoms with E-state index < -0.39 is 5.41 Å². The van der Waals surface area contributed by atoms with Crippen LogP contribution in [0, 0.1) is 5.41 Å². The predicted molar refractivity (Wildman–Crippen MR) is 67.1 cm³/mol. The van der Waals surface area contributed by atoms with Crippen LogP contribution in [0.25, 0.3) is 0 Å². The average molecular weight is 251 g/mol. The van der Waals surface area contributed by atoms with Crippen LogP contribution in [-0.4, -0.2) is 11.8 Å². The maximum atomic E-state index is 11.5. The molecule has 16 heavy (non-hydrogen) atoms. The predicted octanol–water partition coefficient (Wildman–Crippen LogP) is 1.75. The van der Waals surface area contributed by atoms with Gasteiger partial charge in [-0.25, -0.2) is 0 Å². The van der Waals surface area contributed by atoms with Crippen molar-refractivity contribution in [3.8, 4) is 0 Å². The number of primary amides is 2. The lowest BCUT2D eigenvalue weighted by Gasteiger charge is -2.29. The average Bonchev–Trinajstić information content (AvgIpc) is 2.14. The summed E-state index contributed by atoms with van der Waals surface area (Å²) in [6, 6.07) is 0. The minimum absolute atomic E-state index is 0. The van der Waals surface area contributed by atoms with Gasteiger partial charge < -0.3 is 11.5 Å². The summed E-state index contributed by atoms with van der Waals surface area (Å²) in [6.07, 6.45) is 3.98. The molecule has 0 rings (SSSR count). The zero-order chi connectivity index (χ0) is 11.9. The van der Waals surface area contributed by atoms with Crippen molar-refractivity contribution in [2.75, 3.05) is 0 Å². The quantitative estimate of drug-likeness (QED) is 0.688. The molecule has 4 nitrogen and oxygen atoms in total. The Kier molecular flexibility index (Phi) is 9.24. The number of nitrogens with two attached hydrogens (primary N) is 2. The van der Waals surface area contributed by atoms with Crippen LogP contribution in [0.5, 0.6) is 0 Å². The molecule has 0 aliphatic carbocycles. The molecule has 5 heteroatoms. The van der Waals surface area contributed by atoms with E-state index in [-0.39, 0.29) is 30.6 Å². The maximum absolute atomic E-state index is 11.5. The molecule has 0 bridgehead atoms. The van der Waals surface area contributed by atoms with Gasteiger partial charge in [-0.15, -0.1) is 12.4 Å². The summed E-state index contributed by atoms with van der Waals surface area (Å²) in [5.41, 5.74) is 10.0. The van der Waals surface area contributed by atoms with Gasteiger partial charge in [-0.1, -0.05) is 26.7 Å². The fraction of sp³-hybridized carbons (Fsp3) is 0.818. The lowest BCUT2D eigenvalue weighted by Crippen LogP contribution is -2.38. The highest BCUT2D eigenvalue weighted by Crippen LogP contribution is 2.34. The Labute approximate surface area is 104 Å². The zero-order valence-corrected chi connectivity index (χ0v) is 10.9. The summed E-state index contributed by atoms with van der Waals surface area (Å²) < 4.78 is 0. The molecule has 0 heterocycles. The van der Waals surface area contributed by atoms with Gasteiger partial charge in [0.05, 0.1) is 0 Å². The summed E-state index contributed by atoms with van der Waals surface area (Å²) in [5.74, 6) is -0.666. The van der Waals surface area contributed by atoms with Crippen LogP contribution in [-0.2, 0) is 9.59 Å². The fourth-order valence-corrected chi connectivity index (χ4v) is 2.06. The van der Waals surface area contributed by atoms with Crippen LogP contribution in [0.2, 0.25) is 0 Å². The Hall–Kier alpha value is -0.770. The molecule has 0 aliphatic rings. The highest BCUT2D eigenvalue weighted by Gasteiger charge is 2.34. The Morgan fingerprint density at radius 3 is 1.69 bits per heavy atom. The molecule has 0 spiro atoms. The van der Waals surface area contributed by atoms with E-state index in [0.717, 1.165) is 25.7 Å². The van der Waals surface area contributed by atoms with Crippen molar-refractivity contribution in [3.05, 3.63) is 0 Å². The van der Waals surface area contributed by atoms with Gasteiger partial charge in [0.25, 0.3) is 0 Å². The highest BCUT2D eigenvalue weighted by atomic mass is 35.5. The summed E-state index contributed by atoms with van der Waals surface area (Å²) >= 11 is 0. The van der Waals surface area contributed by atoms with Gasteiger partial charge in [0.15, 0.2) is 0 Å². The van der Waals surface area contributed by atoms with E-state index >= 15 is 0 Å². The Morgan fingerprint density at radius 2 is 1.44 bits per heavy atom. The second-order valence-corrected chi connectivity index (χ2v) is 4.11. The summed E-state index contributed by atoms with van der Waals surface area (Å²) in [7, 11) is 0. The summed E-state index contributed by atoms with van der Waals surface area (Å²) in [5, 5.41) is 0. The molecular weight excluding hydrogens is 228 g/mol.